The van der Waals surface area contributed by atoms with E-state index in [9.17, 15) is 0 Å². The third-order valence-electron chi connectivity index (χ3n) is 3.68. The Morgan fingerprint density at radius 1 is 0.941 bits per heavy atom. The Balaban J connectivity index is 4.17. The Bertz CT molecular complexity index is 188. The van der Waals surface area contributed by atoms with Gasteiger partial charge in [-0.1, -0.05) is 78.4 Å². The topological polar surface area (TPSA) is 0 Å². The van der Waals surface area contributed by atoms with Gasteiger partial charge in [0.15, 0.2) is 0 Å². The van der Waals surface area contributed by atoms with Crippen LogP contribution in [-0.4, -0.2) is 0 Å². The van der Waals surface area contributed by atoms with Gasteiger partial charge in [0.25, 0.3) is 0 Å². The number of rotatable bonds is 10. The smallest absolute Gasteiger partial charge is 0.0233 e. The molecule has 0 fully saturated rings. The number of allylic oxidation sites excluding steroid dienone is 2. The summed E-state index contributed by atoms with van der Waals surface area (Å²) < 4.78 is 0. The van der Waals surface area contributed by atoms with E-state index in [1.54, 1.807) is 5.57 Å². The third kappa shape index (κ3) is 8.46. The molecule has 102 valence electrons. The summed E-state index contributed by atoms with van der Waals surface area (Å²) in [7, 11) is 0. The first-order valence-electron chi connectivity index (χ1n) is 7.86. The summed E-state index contributed by atoms with van der Waals surface area (Å²) >= 11 is 0. The maximum atomic E-state index is 2.60. The van der Waals surface area contributed by atoms with Crippen molar-refractivity contribution < 1.29 is 0 Å². The highest BCUT2D eigenvalue weighted by Gasteiger charge is 2.07. The second-order valence-electron chi connectivity index (χ2n) is 5.66. The van der Waals surface area contributed by atoms with Crippen LogP contribution in [0.1, 0.15) is 86.0 Å². The number of hydrogen-bond donors (Lipinski definition) is 0. The molecule has 0 aromatic carbocycles. The van der Waals surface area contributed by atoms with Crippen LogP contribution in [0.2, 0.25) is 0 Å². The molecule has 0 spiro atoms. The molecule has 17 heavy (non-hydrogen) atoms. The minimum absolute atomic E-state index is 0.736. The molecule has 0 heterocycles. The van der Waals surface area contributed by atoms with E-state index in [2.05, 4.69) is 40.7 Å². The number of unbranched alkanes of at least 4 members (excludes halogenated alkanes) is 3. The van der Waals surface area contributed by atoms with E-state index in [0.29, 0.717) is 0 Å². The van der Waals surface area contributed by atoms with Crippen molar-refractivity contribution >= 4 is 0 Å². The van der Waals surface area contributed by atoms with Crippen molar-refractivity contribution in [1.29, 1.82) is 0 Å². The fraction of sp³-hybridized carbons (Fsp3) is 0.882. The molecule has 0 aliphatic carbocycles. The van der Waals surface area contributed by atoms with Crippen LogP contribution in [0.5, 0.6) is 0 Å². The molecule has 1 atom stereocenters. The molecule has 0 rings (SSSR count). The first-order chi connectivity index (χ1) is 8.15. The van der Waals surface area contributed by atoms with Crippen molar-refractivity contribution in [2.45, 2.75) is 86.0 Å². The van der Waals surface area contributed by atoms with Crippen LogP contribution < -0.4 is 0 Å². The first-order valence-corrected chi connectivity index (χ1v) is 7.86. The summed E-state index contributed by atoms with van der Waals surface area (Å²) in [4.78, 5) is 0. The summed E-state index contributed by atoms with van der Waals surface area (Å²) in [6.45, 7) is 11.6. The predicted octanol–water partition coefficient (Wildman–Crippen LogP) is 6.37. The molecule has 0 heteroatoms. The van der Waals surface area contributed by atoms with Crippen LogP contribution in [-0.2, 0) is 0 Å². The van der Waals surface area contributed by atoms with Crippen molar-refractivity contribution in [3.63, 3.8) is 0 Å². The Labute approximate surface area is 110 Å². The zero-order valence-electron chi connectivity index (χ0n) is 12.9. The summed E-state index contributed by atoms with van der Waals surface area (Å²) in [5.41, 5.74) is 1.69. The van der Waals surface area contributed by atoms with Crippen LogP contribution in [0, 0.1) is 11.8 Å². The van der Waals surface area contributed by atoms with E-state index in [4.69, 9.17) is 0 Å². The Morgan fingerprint density at radius 2 is 1.65 bits per heavy atom. The SMILES string of the molecule is CCCCCCC(C=C(CCC)C(C)C)CC. The minimum atomic E-state index is 0.736. The fourth-order valence-corrected chi connectivity index (χ4v) is 2.39. The Hall–Kier alpha value is -0.260. The highest BCUT2D eigenvalue weighted by atomic mass is 14.1. The van der Waals surface area contributed by atoms with Gasteiger partial charge in [-0.2, -0.15) is 0 Å². The van der Waals surface area contributed by atoms with Crippen LogP contribution in [0.15, 0.2) is 11.6 Å². The zero-order valence-corrected chi connectivity index (χ0v) is 12.9. The molecule has 0 aliphatic rings. The van der Waals surface area contributed by atoms with Gasteiger partial charge in [0.2, 0.25) is 0 Å². The number of hydrogen-bond acceptors (Lipinski definition) is 0. The van der Waals surface area contributed by atoms with Crippen LogP contribution in [0.4, 0.5) is 0 Å². The van der Waals surface area contributed by atoms with E-state index >= 15 is 0 Å². The van der Waals surface area contributed by atoms with Gasteiger partial charge in [0, 0.05) is 0 Å². The third-order valence-corrected chi connectivity index (χ3v) is 3.68. The summed E-state index contributed by atoms with van der Waals surface area (Å²) in [6.07, 6.45) is 13.5. The highest BCUT2D eigenvalue weighted by molar-refractivity contribution is 5.06. The lowest BCUT2D eigenvalue weighted by Crippen LogP contribution is -2.01. The van der Waals surface area contributed by atoms with Crippen molar-refractivity contribution in [2.75, 3.05) is 0 Å². The van der Waals surface area contributed by atoms with E-state index < -0.39 is 0 Å². The fourth-order valence-electron chi connectivity index (χ4n) is 2.39. The zero-order chi connectivity index (χ0) is 13.1. The van der Waals surface area contributed by atoms with Crippen molar-refractivity contribution in [2.24, 2.45) is 11.8 Å². The second kappa shape index (κ2) is 10.9. The monoisotopic (exact) mass is 238 g/mol. The first kappa shape index (κ1) is 16.7. The van der Waals surface area contributed by atoms with Crippen LogP contribution in [0.25, 0.3) is 0 Å². The van der Waals surface area contributed by atoms with Gasteiger partial charge in [-0.3, -0.25) is 0 Å². The van der Waals surface area contributed by atoms with Gasteiger partial charge in [-0.25, -0.2) is 0 Å². The maximum Gasteiger partial charge on any atom is -0.0233 e. The largest absolute Gasteiger partial charge is 0.0820 e. The normalized spacial score (nSPS) is 14.4. The molecule has 0 aromatic rings. The van der Waals surface area contributed by atoms with Gasteiger partial charge >= 0.3 is 0 Å². The van der Waals surface area contributed by atoms with Crippen LogP contribution in [0.3, 0.4) is 0 Å². The lowest BCUT2D eigenvalue weighted by Gasteiger charge is -2.16. The molecular weight excluding hydrogens is 204 g/mol. The van der Waals surface area contributed by atoms with Gasteiger partial charge < -0.3 is 0 Å². The van der Waals surface area contributed by atoms with E-state index in [1.807, 2.05) is 0 Å². The predicted molar refractivity (Wildman–Crippen MR) is 80.4 cm³/mol. The molecule has 0 radical (unpaired) electrons. The summed E-state index contributed by atoms with van der Waals surface area (Å²) in [5.74, 6) is 1.57. The average Bonchev–Trinajstić information content (AvgIpc) is 2.31. The van der Waals surface area contributed by atoms with Crippen molar-refractivity contribution in [1.82, 2.24) is 0 Å². The molecule has 0 amide bonds. The van der Waals surface area contributed by atoms with Gasteiger partial charge in [-0.05, 0) is 31.1 Å². The van der Waals surface area contributed by atoms with E-state index in [-0.39, 0.29) is 0 Å². The van der Waals surface area contributed by atoms with Gasteiger partial charge in [0.05, 0.1) is 0 Å². The molecule has 0 aromatic heterocycles. The van der Waals surface area contributed by atoms with Gasteiger partial charge in [0.1, 0.15) is 0 Å². The maximum absolute atomic E-state index is 2.60. The molecule has 0 bridgehead atoms. The summed E-state index contributed by atoms with van der Waals surface area (Å²) in [5, 5.41) is 0. The standard InChI is InChI=1S/C17H34/c1-6-9-10-11-13-16(8-3)14-17(12-7-2)15(4)5/h14-16H,6-13H2,1-5H3. The quantitative estimate of drug-likeness (QED) is 0.306. The molecule has 0 aliphatic heterocycles. The highest BCUT2D eigenvalue weighted by Crippen LogP contribution is 2.23. The molecule has 0 saturated carbocycles. The lowest BCUT2D eigenvalue weighted by molar-refractivity contribution is 0.509. The lowest BCUT2D eigenvalue weighted by atomic mass is 9.90. The average molecular weight is 238 g/mol. The Morgan fingerprint density at radius 3 is 2.12 bits per heavy atom. The molecular formula is C17H34. The minimum Gasteiger partial charge on any atom is -0.0820 e. The van der Waals surface area contributed by atoms with Gasteiger partial charge in [-0.15, -0.1) is 0 Å². The second-order valence-corrected chi connectivity index (χ2v) is 5.66. The van der Waals surface area contributed by atoms with E-state index in [0.717, 1.165) is 11.8 Å². The van der Waals surface area contributed by atoms with Crippen molar-refractivity contribution in [3.05, 3.63) is 11.6 Å². The molecule has 1 unspecified atom stereocenters. The molecule has 0 N–H and O–H groups in total. The molecule has 0 nitrogen and oxygen atoms in total. The summed E-state index contributed by atoms with van der Waals surface area (Å²) in [6, 6.07) is 0. The Kier molecular flexibility index (Phi) is 10.7. The van der Waals surface area contributed by atoms with Crippen molar-refractivity contribution in [3.8, 4) is 0 Å². The van der Waals surface area contributed by atoms with E-state index in [1.165, 1.54) is 51.4 Å². The molecule has 0 saturated heterocycles. The van der Waals surface area contributed by atoms with Crippen LogP contribution >= 0.6 is 0 Å².